The molecule has 1 aliphatic rings. The Morgan fingerprint density at radius 2 is 2.04 bits per heavy atom. The lowest BCUT2D eigenvalue weighted by Gasteiger charge is -2.28. The van der Waals surface area contributed by atoms with Crippen molar-refractivity contribution >= 4 is 31.7 Å². The second kappa shape index (κ2) is 6.72. The molecule has 1 aromatic heterocycles. The first-order valence-electron chi connectivity index (χ1n) is 7.67. The number of sulfone groups is 1. The van der Waals surface area contributed by atoms with Gasteiger partial charge in [0.1, 0.15) is 5.76 Å². The minimum absolute atomic E-state index is 0.00645. The van der Waals surface area contributed by atoms with Gasteiger partial charge in [0.25, 0.3) is 5.91 Å². The largest absolute Gasteiger partial charge is 0.452 e. The Morgan fingerprint density at radius 1 is 1.29 bits per heavy atom. The van der Waals surface area contributed by atoms with Crippen LogP contribution in [0.1, 0.15) is 28.1 Å². The average Bonchev–Trinajstić information content (AvgIpc) is 3.10. The van der Waals surface area contributed by atoms with Crippen molar-refractivity contribution in [2.45, 2.75) is 25.9 Å². The van der Waals surface area contributed by atoms with Crippen molar-refractivity contribution in [3.05, 3.63) is 58.0 Å². The lowest BCUT2D eigenvalue weighted by Crippen LogP contribution is -2.40. The van der Waals surface area contributed by atoms with E-state index in [9.17, 15) is 13.2 Å². The lowest BCUT2D eigenvalue weighted by atomic mass is 10.1. The van der Waals surface area contributed by atoms with Gasteiger partial charge in [0, 0.05) is 11.6 Å². The zero-order valence-electron chi connectivity index (χ0n) is 13.2. The number of aryl methyl sites for hydroxylation is 1. The van der Waals surface area contributed by atoms with E-state index in [-0.39, 0.29) is 30.0 Å². The van der Waals surface area contributed by atoms with E-state index in [1.165, 1.54) is 0 Å². The molecule has 0 saturated carbocycles. The molecule has 24 heavy (non-hydrogen) atoms. The van der Waals surface area contributed by atoms with E-state index in [0.717, 1.165) is 5.56 Å². The van der Waals surface area contributed by atoms with Gasteiger partial charge in [-0.05, 0) is 53.0 Å². The number of carbonyl (C=O) groups is 1. The smallest absolute Gasteiger partial charge is 0.254 e. The van der Waals surface area contributed by atoms with E-state index in [1.54, 1.807) is 23.1 Å². The molecule has 0 aliphatic carbocycles. The van der Waals surface area contributed by atoms with Crippen molar-refractivity contribution in [2.24, 2.45) is 0 Å². The quantitative estimate of drug-likeness (QED) is 0.774. The minimum atomic E-state index is -3.09. The zero-order valence-corrected chi connectivity index (χ0v) is 15.6. The van der Waals surface area contributed by atoms with Crippen LogP contribution in [0.2, 0.25) is 0 Å². The summed E-state index contributed by atoms with van der Waals surface area (Å²) in [6, 6.07) is 10.5. The number of nitrogens with zero attached hydrogens (tertiary/aromatic N) is 1. The first kappa shape index (κ1) is 17.2. The fourth-order valence-corrected chi connectivity index (χ4v) is 5.03. The molecule has 2 heterocycles. The minimum Gasteiger partial charge on any atom is -0.452 e. The molecule has 5 nitrogen and oxygen atoms in total. The summed E-state index contributed by atoms with van der Waals surface area (Å²) in [4.78, 5) is 14.7. The van der Waals surface area contributed by atoms with Crippen LogP contribution >= 0.6 is 15.9 Å². The molecular weight excluding hydrogens is 394 g/mol. The van der Waals surface area contributed by atoms with Crippen LogP contribution in [0.15, 0.2) is 45.5 Å². The first-order chi connectivity index (χ1) is 11.4. The fraction of sp³-hybridized carbons (Fsp3) is 0.353. The van der Waals surface area contributed by atoms with Crippen LogP contribution in [0, 0.1) is 6.92 Å². The fourth-order valence-electron chi connectivity index (χ4n) is 2.96. The number of benzene rings is 1. The third-order valence-electron chi connectivity index (χ3n) is 4.24. The van der Waals surface area contributed by atoms with E-state index in [0.29, 0.717) is 22.4 Å². The number of furan rings is 1. The van der Waals surface area contributed by atoms with E-state index in [2.05, 4.69) is 15.9 Å². The molecule has 128 valence electrons. The summed E-state index contributed by atoms with van der Waals surface area (Å²) in [6.07, 6.45) is 0.460. The summed E-state index contributed by atoms with van der Waals surface area (Å²) in [5, 5.41) is 0. The van der Waals surface area contributed by atoms with Gasteiger partial charge in [-0.2, -0.15) is 0 Å². The van der Waals surface area contributed by atoms with Crippen LogP contribution in [-0.2, 0) is 16.4 Å². The van der Waals surface area contributed by atoms with Gasteiger partial charge in [0.15, 0.2) is 14.5 Å². The molecule has 0 unspecified atom stereocenters. The molecule has 1 aromatic carbocycles. The first-order valence-corrected chi connectivity index (χ1v) is 10.3. The van der Waals surface area contributed by atoms with Crippen LogP contribution in [0.4, 0.5) is 0 Å². The number of rotatable bonds is 4. The SMILES string of the molecule is Cc1ccccc1C(=O)N(Cc1ccc(Br)o1)[C@@H]1CCS(=O)(=O)C1. The highest BCUT2D eigenvalue weighted by molar-refractivity contribution is 9.10. The number of hydrogen-bond acceptors (Lipinski definition) is 4. The number of halogens is 1. The van der Waals surface area contributed by atoms with Gasteiger partial charge < -0.3 is 9.32 Å². The molecule has 3 rings (SSSR count). The molecule has 0 radical (unpaired) electrons. The van der Waals surface area contributed by atoms with Crippen molar-refractivity contribution in [1.82, 2.24) is 4.90 Å². The summed E-state index contributed by atoms with van der Waals surface area (Å²) in [7, 11) is -3.09. The van der Waals surface area contributed by atoms with E-state index in [1.807, 2.05) is 25.1 Å². The zero-order chi connectivity index (χ0) is 17.3. The second-order valence-electron chi connectivity index (χ2n) is 6.01. The van der Waals surface area contributed by atoms with Gasteiger partial charge in [0.05, 0.1) is 18.1 Å². The molecule has 1 amide bonds. The average molecular weight is 412 g/mol. The normalized spacial score (nSPS) is 19.3. The van der Waals surface area contributed by atoms with Gasteiger partial charge in [0.2, 0.25) is 0 Å². The van der Waals surface area contributed by atoms with Gasteiger partial charge in [-0.25, -0.2) is 8.42 Å². The maximum absolute atomic E-state index is 13.1. The Hall–Kier alpha value is -1.60. The summed E-state index contributed by atoms with van der Waals surface area (Å²) in [5.41, 5.74) is 1.46. The number of hydrogen-bond donors (Lipinski definition) is 0. The Bertz CT molecular complexity index is 859. The maximum atomic E-state index is 13.1. The summed E-state index contributed by atoms with van der Waals surface area (Å²) >= 11 is 3.25. The highest BCUT2D eigenvalue weighted by Crippen LogP contribution is 2.24. The summed E-state index contributed by atoms with van der Waals surface area (Å²) in [6.45, 7) is 2.12. The van der Waals surface area contributed by atoms with Crippen LogP contribution in [-0.4, -0.2) is 36.8 Å². The molecule has 7 heteroatoms. The highest BCUT2D eigenvalue weighted by Gasteiger charge is 2.35. The molecule has 0 bridgehead atoms. The Morgan fingerprint density at radius 3 is 2.62 bits per heavy atom. The second-order valence-corrected chi connectivity index (χ2v) is 9.02. The molecule has 2 aromatic rings. The Labute approximate surface area is 149 Å². The molecule has 1 aliphatic heterocycles. The van der Waals surface area contributed by atoms with Crippen molar-refractivity contribution in [2.75, 3.05) is 11.5 Å². The lowest BCUT2D eigenvalue weighted by molar-refractivity contribution is 0.0664. The van der Waals surface area contributed by atoms with Crippen molar-refractivity contribution < 1.29 is 17.6 Å². The topological polar surface area (TPSA) is 67.6 Å². The molecule has 1 fully saturated rings. The molecule has 0 N–H and O–H groups in total. The van der Waals surface area contributed by atoms with E-state index >= 15 is 0 Å². The molecule has 1 saturated heterocycles. The van der Waals surface area contributed by atoms with Crippen LogP contribution in [0.3, 0.4) is 0 Å². The van der Waals surface area contributed by atoms with Gasteiger partial charge in [-0.3, -0.25) is 4.79 Å². The predicted octanol–water partition coefficient (Wildman–Crippen LogP) is 3.18. The monoisotopic (exact) mass is 411 g/mol. The Balaban J connectivity index is 1.92. The van der Waals surface area contributed by atoms with Crippen molar-refractivity contribution in [1.29, 1.82) is 0 Å². The summed E-state index contributed by atoms with van der Waals surface area (Å²) < 4.78 is 29.8. The van der Waals surface area contributed by atoms with Crippen molar-refractivity contribution in [3.63, 3.8) is 0 Å². The maximum Gasteiger partial charge on any atom is 0.254 e. The van der Waals surface area contributed by atoms with E-state index in [4.69, 9.17) is 4.42 Å². The third-order valence-corrected chi connectivity index (χ3v) is 6.42. The van der Waals surface area contributed by atoms with Gasteiger partial charge >= 0.3 is 0 Å². The highest BCUT2D eigenvalue weighted by atomic mass is 79.9. The van der Waals surface area contributed by atoms with Crippen LogP contribution in [0.5, 0.6) is 0 Å². The Kier molecular flexibility index (Phi) is 4.83. The van der Waals surface area contributed by atoms with Gasteiger partial charge in [-0.15, -0.1) is 0 Å². The van der Waals surface area contributed by atoms with Gasteiger partial charge in [-0.1, -0.05) is 18.2 Å². The third kappa shape index (κ3) is 3.72. The number of carbonyl (C=O) groups excluding carboxylic acids is 1. The van der Waals surface area contributed by atoms with Crippen LogP contribution < -0.4 is 0 Å². The predicted molar refractivity (Wildman–Crippen MR) is 94.5 cm³/mol. The van der Waals surface area contributed by atoms with Crippen molar-refractivity contribution in [3.8, 4) is 0 Å². The molecule has 0 spiro atoms. The number of amides is 1. The van der Waals surface area contributed by atoms with E-state index < -0.39 is 9.84 Å². The standard InChI is InChI=1S/C17H18BrNO4S/c1-12-4-2-3-5-15(12)17(20)19(10-14-6-7-16(18)23-14)13-8-9-24(21,22)11-13/h2-7,13H,8-11H2,1H3/t13-/m1/s1. The van der Waals surface area contributed by atoms with Crippen LogP contribution in [0.25, 0.3) is 0 Å². The summed E-state index contributed by atoms with van der Waals surface area (Å²) in [5.74, 6) is 0.583. The molecular formula is C17H18BrNO4S. The molecule has 1 atom stereocenters.